The standard InChI is InChI=1S/C18H19N5O3/c1-11-15(12(2)23-18(21-11)19-10-20-23)7-8-16(24)22-14-6-4-5-13(9-14)17(25)26-3/h4-6,9-10H,7-8H2,1-3H3,(H,22,24). The summed E-state index contributed by atoms with van der Waals surface area (Å²) < 4.78 is 6.35. The first kappa shape index (κ1) is 17.5. The van der Waals surface area contributed by atoms with Crippen molar-refractivity contribution < 1.29 is 14.3 Å². The number of hydrogen-bond acceptors (Lipinski definition) is 6. The summed E-state index contributed by atoms with van der Waals surface area (Å²) in [5.74, 6) is -0.0445. The van der Waals surface area contributed by atoms with E-state index in [1.54, 1.807) is 28.8 Å². The number of methoxy groups -OCH3 is 1. The molecule has 1 N–H and O–H groups in total. The number of carbonyl (C=O) groups is 2. The van der Waals surface area contributed by atoms with Crippen LogP contribution in [-0.4, -0.2) is 38.6 Å². The van der Waals surface area contributed by atoms with Crippen molar-refractivity contribution in [1.29, 1.82) is 0 Å². The number of aryl methyl sites for hydroxylation is 2. The third-order valence-electron chi connectivity index (χ3n) is 4.16. The second kappa shape index (κ2) is 7.30. The summed E-state index contributed by atoms with van der Waals surface area (Å²) in [5.41, 5.74) is 3.67. The molecule has 1 aromatic carbocycles. The Bertz CT molecular complexity index is 980. The molecule has 0 saturated carbocycles. The van der Waals surface area contributed by atoms with Crippen molar-refractivity contribution in [2.24, 2.45) is 0 Å². The summed E-state index contributed by atoms with van der Waals surface area (Å²) >= 11 is 0. The van der Waals surface area contributed by atoms with E-state index in [4.69, 9.17) is 0 Å². The van der Waals surface area contributed by atoms with Crippen LogP contribution in [0.1, 0.15) is 33.7 Å². The number of carbonyl (C=O) groups excluding carboxylic acids is 2. The van der Waals surface area contributed by atoms with Gasteiger partial charge in [-0.1, -0.05) is 6.07 Å². The number of nitrogens with zero attached hydrogens (tertiary/aromatic N) is 4. The lowest BCUT2D eigenvalue weighted by atomic mass is 10.1. The van der Waals surface area contributed by atoms with Crippen LogP contribution in [-0.2, 0) is 16.0 Å². The monoisotopic (exact) mass is 353 g/mol. The second-order valence-corrected chi connectivity index (χ2v) is 5.85. The fraction of sp³-hybridized carbons (Fsp3) is 0.278. The average Bonchev–Trinajstić information content (AvgIpc) is 3.09. The zero-order chi connectivity index (χ0) is 18.7. The van der Waals surface area contributed by atoms with E-state index in [0.717, 1.165) is 17.0 Å². The van der Waals surface area contributed by atoms with Gasteiger partial charge in [-0.05, 0) is 44.0 Å². The Morgan fingerprint density at radius 2 is 2.08 bits per heavy atom. The predicted octanol–water partition coefficient (Wildman–Crippen LogP) is 2.10. The molecule has 2 heterocycles. The molecule has 8 heteroatoms. The fourth-order valence-electron chi connectivity index (χ4n) is 2.82. The maximum atomic E-state index is 12.3. The largest absolute Gasteiger partial charge is 0.465 e. The van der Waals surface area contributed by atoms with Gasteiger partial charge < -0.3 is 10.1 Å². The smallest absolute Gasteiger partial charge is 0.337 e. The number of benzene rings is 1. The van der Waals surface area contributed by atoms with Crippen molar-refractivity contribution in [3.05, 3.63) is 53.1 Å². The summed E-state index contributed by atoms with van der Waals surface area (Å²) in [6.45, 7) is 3.83. The SMILES string of the molecule is COC(=O)c1cccc(NC(=O)CCc2c(C)nc3ncnn3c2C)c1. The molecule has 0 atom stereocenters. The van der Waals surface area contributed by atoms with Gasteiger partial charge in [0, 0.05) is 23.5 Å². The molecule has 0 unspecified atom stereocenters. The quantitative estimate of drug-likeness (QED) is 0.705. The van der Waals surface area contributed by atoms with Gasteiger partial charge in [-0.2, -0.15) is 10.1 Å². The zero-order valence-electron chi connectivity index (χ0n) is 14.8. The molecule has 0 aliphatic heterocycles. The molecule has 8 nitrogen and oxygen atoms in total. The first-order valence-electron chi connectivity index (χ1n) is 8.13. The molecule has 0 bridgehead atoms. The summed E-state index contributed by atoms with van der Waals surface area (Å²) in [7, 11) is 1.32. The summed E-state index contributed by atoms with van der Waals surface area (Å²) in [6, 6.07) is 6.64. The molecule has 0 spiro atoms. The van der Waals surface area contributed by atoms with Crippen LogP contribution >= 0.6 is 0 Å². The van der Waals surface area contributed by atoms with E-state index in [-0.39, 0.29) is 12.3 Å². The van der Waals surface area contributed by atoms with Gasteiger partial charge in [0.15, 0.2) is 0 Å². The highest BCUT2D eigenvalue weighted by Crippen LogP contribution is 2.16. The lowest BCUT2D eigenvalue weighted by Gasteiger charge is -2.11. The second-order valence-electron chi connectivity index (χ2n) is 5.85. The van der Waals surface area contributed by atoms with Crippen LogP contribution < -0.4 is 5.32 Å². The lowest BCUT2D eigenvalue weighted by Crippen LogP contribution is -2.15. The van der Waals surface area contributed by atoms with Gasteiger partial charge >= 0.3 is 5.97 Å². The normalized spacial score (nSPS) is 10.7. The Balaban J connectivity index is 1.69. The fourth-order valence-corrected chi connectivity index (χ4v) is 2.82. The number of ether oxygens (including phenoxy) is 1. The Morgan fingerprint density at radius 3 is 2.85 bits per heavy atom. The first-order valence-corrected chi connectivity index (χ1v) is 8.13. The van der Waals surface area contributed by atoms with Crippen LogP contribution in [0.15, 0.2) is 30.6 Å². The number of hydrogen-bond donors (Lipinski definition) is 1. The van der Waals surface area contributed by atoms with Crippen LogP contribution in [0.4, 0.5) is 5.69 Å². The van der Waals surface area contributed by atoms with Crippen molar-refractivity contribution in [1.82, 2.24) is 19.6 Å². The summed E-state index contributed by atoms with van der Waals surface area (Å²) in [4.78, 5) is 32.3. The van der Waals surface area contributed by atoms with Gasteiger partial charge in [-0.3, -0.25) is 4.79 Å². The van der Waals surface area contributed by atoms with E-state index < -0.39 is 5.97 Å². The van der Waals surface area contributed by atoms with E-state index in [1.165, 1.54) is 13.4 Å². The van der Waals surface area contributed by atoms with Crippen LogP contribution in [0, 0.1) is 13.8 Å². The van der Waals surface area contributed by atoms with E-state index in [1.807, 2.05) is 13.8 Å². The minimum Gasteiger partial charge on any atom is -0.465 e. The molecule has 0 aliphatic carbocycles. The van der Waals surface area contributed by atoms with Gasteiger partial charge in [0.1, 0.15) is 6.33 Å². The average molecular weight is 353 g/mol. The van der Waals surface area contributed by atoms with Crippen LogP contribution in [0.3, 0.4) is 0 Å². The zero-order valence-corrected chi connectivity index (χ0v) is 14.8. The molecule has 0 radical (unpaired) electrons. The molecular weight excluding hydrogens is 334 g/mol. The first-order chi connectivity index (χ1) is 12.5. The van der Waals surface area contributed by atoms with E-state index in [9.17, 15) is 9.59 Å². The molecule has 1 amide bonds. The van der Waals surface area contributed by atoms with Crippen molar-refractivity contribution >= 4 is 23.3 Å². The molecule has 0 aliphatic rings. The van der Waals surface area contributed by atoms with Crippen LogP contribution in [0.25, 0.3) is 5.78 Å². The molecule has 0 saturated heterocycles. The van der Waals surface area contributed by atoms with Crippen molar-refractivity contribution in [3.8, 4) is 0 Å². The topological polar surface area (TPSA) is 98.5 Å². The maximum Gasteiger partial charge on any atom is 0.337 e. The molecule has 3 rings (SSSR count). The number of nitrogens with one attached hydrogen (secondary N) is 1. The van der Waals surface area contributed by atoms with Crippen molar-refractivity contribution in [3.63, 3.8) is 0 Å². The predicted molar refractivity (Wildman–Crippen MR) is 95.0 cm³/mol. The van der Waals surface area contributed by atoms with Gasteiger partial charge in [-0.15, -0.1) is 0 Å². The molecule has 26 heavy (non-hydrogen) atoms. The van der Waals surface area contributed by atoms with Gasteiger partial charge in [-0.25, -0.2) is 14.3 Å². The maximum absolute atomic E-state index is 12.3. The third-order valence-corrected chi connectivity index (χ3v) is 4.16. The molecule has 3 aromatic rings. The number of esters is 1. The highest BCUT2D eigenvalue weighted by molar-refractivity contribution is 5.94. The van der Waals surface area contributed by atoms with E-state index in [0.29, 0.717) is 23.4 Å². The van der Waals surface area contributed by atoms with Gasteiger partial charge in [0.2, 0.25) is 5.91 Å². The Kier molecular flexibility index (Phi) is 4.92. The molecular formula is C18H19N5O3. The Labute approximate surface area is 150 Å². The molecule has 2 aromatic heterocycles. The van der Waals surface area contributed by atoms with E-state index in [2.05, 4.69) is 25.1 Å². The number of anilines is 1. The number of aromatic nitrogens is 4. The Hall–Kier alpha value is -3.29. The van der Waals surface area contributed by atoms with Gasteiger partial charge in [0.25, 0.3) is 5.78 Å². The molecule has 0 fully saturated rings. The minimum atomic E-state index is -0.445. The number of amides is 1. The van der Waals surface area contributed by atoms with E-state index >= 15 is 0 Å². The third kappa shape index (κ3) is 3.53. The van der Waals surface area contributed by atoms with Crippen LogP contribution in [0.5, 0.6) is 0 Å². The Morgan fingerprint density at radius 1 is 1.27 bits per heavy atom. The molecule has 134 valence electrons. The lowest BCUT2D eigenvalue weighted by molar-refractivity contribution is -0.116. The van der Waals surface area contributed by atoms with Crippen molar-refractivity contribution in [2.45, 2.75) is 26.7 Å². The number of rotatable bonds is 5. The highest BCUT2D eigenvalue weighted by Gasteiger charge is 2.13. The summed E-state index contributed by atoms with van der Waals surface area (Å²) in [6.07, 6.45) is 2.27. The summed E-state index contributed by atoms with van der Waals surface area (Å²) in [5, 5.41) is 6.95. The number of fused-ring (bicyclic) bond motifs is 1. The van der Waals surface area contributed by atoms with Crippen LogP contribution in [0.2, 0.25) is 0 Å². The highest BCUT2D eigenvalue weighted by atomic mass is 16.5. The van der Waals surface area contributed by atoms with Crippen molar-refractivity contribution in [2.75, 3.05) is 12.4 Å². The minimum absolute atomic E-state index is 0.149. The van der Waals surface area contributed by atoms with Gasteiger partial charge in [0.05, 0.1) is 12.7 Å².